The fraction of sp³-hybridized carbons (Fsp3) is 0.522. The summed E-state index contributed by atoms with van der Waals surface area (Å²) in [5.41, 5.74) is 8.26. The number of hydrogen-bond donors (Lipinski definition) is 1. The fourth-order valence-electron chi connectivity index (χ4n) is 4.47. The van der Waals surface area contributed by atoms with E-state index in [0.717, 1.165) is 43.4 Å². The molecule has 2 heterocycles. The first-order valence-corrected chi connectivity index (χ1v) is 10.4. The number of rotatable bonds is 5. The lowest BCUT2D eigenvalue weighted by molar-refractivity contribution is 0.288. The predicted octanol–water partition coefficient (Wildman–Crippen LogP) is 4.19. The molecule has 1 aliphatic carbocycles. The lowest BCUT2D eigenvalue weighted by Crippen LogP contribution is -2.23. The molecule has 0 amide bonds. The van der Waals surface area contributed by atoms with Gasteiger partial charge in [-0.3, -0.25) is 4.68 Å². The van der Waals surface area contributed by atoms with Gasteiger partial charge in [-0.15, -0.1) is 0 Å². The standard InChI is InChI=1S/C23H30N4O2/c1-14-11-16(12-15(2)17(14)7-6-10-28)21-24-22(29-26-21)20-18-8-9-23(3,4)13-19(18)27(5)25-20/h11-12,28H,6-10,13H2,1-5H3. The van der Waals surface area contributed by atoms with Crippen molar-refractivity contribution in [3.8, 4) is 23.0 Å². The summed E-state index contributed by atoms with van der Waals surface area (Å²) < 4.78 is 7.61. The maximum Gasteiger partial charge on any atom is 0.279 e. The molecule has 0 bridgehead atoms. The van der Waals surface area contributed by atoms with Crippen molar-refractivity contribution in [1.29, 1.82) is 0 Å². The van der Waals surface area contributed by atoms with E-state index in [0.29, 0.717) is 17.1 Å². The quantitative estimate of drug-likeness (QED) is 0.702. The van der Waals surface area contributed by atoms with E-state index in [1.54, 1.807) is 0 Å². The number of aliphatic hydroxyl groups is 1. The molecule has 0 aliphatic heterocycles. The zero-order valence-corrected chi connectivity index (χ0v) is 18.0. The zero-order chi connectivity index (χ0) is 20.8. The molecule has 4 rings (SSSR count). The summed E-state index contributed by atoms with van der Waals surface area (Å²) in [6.07, 6.45) is 4.78. The van der Waals surface area contributed by atoms with Crippen LogP contribution in [-0.4, -0.2) is 31.6 Å². The minimum Gasteiger partial charge on any atom is -0.396 e. The lowest BCUT2D eigenvalue weighted by atomic mass is 9.76. The van der Waals surface area contributed by atoms with Crippen LogP contribution in [0.5, 0.6) is 0 Å². The Labute approximate surface area is 172 Å². The Morgan fingerprint density at radius 3 is 2.62 bits per heavy atom. The van der Waals surface area contributed by atoms with E-state index in [4.69, 9.17) is 14.7 Å². The Kier molecular flexibility index (Phi) is 5.07. The second-order valence-electron chi connectivity index (χ2n) is 9.08. The van der Waals surface area contributed by atoms with Crippen molar-refractivity contribution in [2.75, 3.05) is 6.61 Å². The molecule has 6 nitrogen and oxygen atoms in total. The van der Waals surface area contributed by atoms with Crippen molar-refractivity contribution in [3.05, 3.63) is 40.1 Å². The van der Waals surface area contributed by atoms with E-state index in [1.807, 2.05) is 11.7 Å². The molecule has 3 aromatic rings. The maximum atomic E-state index is 9.13. The van der Waals surface area contributed by atoms with E-state index in [9.17, 15) is 0 Å². The predicted molar refractivity (Wildman–Crippen MR) is 113 cm³/mol. The molecular weight excluding hydrogens is 364 g/mol. The largest absolute Gasteiger partial charge is 0.396 e. The molecular formula is C23H30N4O2. The first kappa shape index (κ1) is 19.8. The van der Waals surface area contributed by atoms with Crippen LogP contribution in [0.2, 0.25) is 0 Å². The van der Waals surface area contributed by atoms with E-state index in [-0.39, 0.29) is 6.61 Å². The molecule has 1 aromatic carbocycles. The van der Waals surface area contributed by atoms with Crippen LogP contribution in [-0.2, 0) is 26.3 Å². The summed E-state index contributed by atoms with van der Waals surface area (Å²) >= 11 is 0. The van der Waals surface area contributed by atoms with Crippen molar-refractivity contribution < 1.29 is 9.63 Å². The van der Waals surface area contributed by atoms with Gasteiger partial charge in [0, 0.05) is 30.5 Å². The molecule has 0 fully saturated rings. The Balaban J connectivity index is 1.67. The third-order valence-corrected chi connectivity index (χ3v) is 6.14. The monoisotopic (exact) mass is 394 g/mol. The molecule has 1 aliphatic rings. The number of nitrogens with zero attached hydrogens (tertiary/aromatic N) is 4. The molecule has 0 saturated heterocycles. The normalized spacial score (nSPS) is 15.5. The van der Waals surface area contributed by atoms with Gasteiger partial charge in [-0.1, -0.05) is 19.0 Å². The van der Waals surface area contributed by atoms with Gasteiger partial charge in [0.15, 0.2) is 5.69 Å². The summed E-state index contributed by atoms with van der Waals surface area (Å²) in [5, 5.41) is 18.1. The third kappa shape index (κ3) is 3.73. The molecule has 2 aromatic heterocycles. The second kappa shape index (κ2) is 7.41. The summed E-state index contributed by atoms with van der Waals surface area (Å²) in [4.78, 5) is 4.69. The highest BCUT2D eigenvalue weighted by Crippen LogP contribution is 2.38. The van der Waals surface area contributed by atoms with E-state index < -0.39 is 0 Å². The highest BCUT2D eigenvalue weighted by Gasteiger charge is 2.32. The molecule has 29 heavy (non-hydrogen) atoms. The number of hydrogen-bond acceptors (Lipinski definition) is 5. The molecule has 0 radical (unpaired) electrons. The molecule has 154 valence electrons. The van der Waals surface area contributed by atoms with Crippen LogP contribution in [0.3, 0.4) is 0 Å². The van der Waals surface area contributed by atoms with Crippen LogP contribution in [0.1, 0.15) is 54.6 Å². The minimum atomic E-state index is 0.209. The van der Waals surface area contributed by atoms with Crippen LogP contribution in [0.4, 0.5) is 0 Å². The summed E-state index contributed by atoms with van der Waals surface area (Å²) in [6, 6.07) is 4.20. The maximum absolute atomic E-state index is 9.13. The van der Waals surface area contributed by atoms with Gasteiger partial charge >= 0.3 is 0 Å². The topological polar surface area (TPSA) is 77.0 Å². The van der Waals surface area contributed by atoms with E-state index >= 15 is 0 Å². The Morgan fingerprint density at radius 2 is 1.93 bits per heavy atom. The fourth-order valence-corrected chi connectivity index (χ4v) is 4.47. The van der Waals surface area contributed by atoms with Crippen LogP contribution >= 0.6 is 0 Å². The smallest absolute Gasteiger partial charge is 0.279 e. The minimum absolute atomic E-state index is 0.209. The molecule has 6 heteroatoms. The van der Waals surface area contributed by atoms with E-state index in [1.165, 1.54) is 27.9 Å². The van der Waals surface area contributed by atoms with Crippen LogP contribution in [0.25, 0.3) is 23.0 Å². The SMILES string of the molecule is Cc1cc(-c2noc(-c3nn(C)c4c3CCC(C)(C)C4)n2)cc(C)c1CCCO. The van der Waals surface area contributed by atoms with Gasteiger partial charge in [0.1, 0.15) is 0 Å². The lowest BCUT2D eigenvalue weighted by Gasteiger charge is -2.29. The third-order valence-electron chi connectivity index (χ3n) is 6.14. The average molecular weight is 395 g/mol. The van der Waals surface area contributed by atoms with Gasteiger partial charge in [0.05, 0.1) is 0 Å². The molecule has 0 unspecified atom stereocenters. The Bertz CT molecular complexity index is 1020. The molecule has 0 atom stereocenters. The number of aromatic nitrogens is 4. The van der Waals surface area contributed by atoms with Crippen molar-refractivity contribution in [3.63, 3.8) is 0 Å². The number of aliphatic hydroxyl groups excluding tert-OH is 1. The van der Waals surface area contributed by atoms with Gasteiger partial charge in [0.25, 0.3) is 5.89 Å². The van der Waals surface area contributed by atoms with E-state index in [2.05, 4.69) is 50.0 Å². The summed E-state index contributed by atoms with van der Waals surface area (Å²) in [6.45, 7) is 9.02. The second-order valence-corrected chi connectivity index (χ2v) is 9.08. The molecule has 0 spiro atoms. The van der Waals surface area contributed by atoms with Gasteiger partial charge in [-0.05, 0) is 80.2 Å². The van der Waals surface area contributed by atoms with Crippen molar-refractivity contribution in [2.45, 2.75) is 59.8 Å². The van der Waals surface area contributed by atoms with Gasteiger partial charge in [-0.2, -0.15) is 10.1 Å². The highest BCUT2D eigenvalue weighted by molar-refractivity contribution is 5.63. The zero-order valence-electron chi connectivity index (χ0n) is 18.0. The van der Waals surface area contributed by atoms with Crippen LogP contribution in [0.15, 0.2) is 16.7 Å². The first-order chi connectivity index (χ1) is 13.8. The summed E-state index contributed by atoms with van der Waals surface area (Å²) in [5.74, 6) is 1.09. The number of benzene rings is 1. The van der Waals surface area contributed by atoms with Crippen molar-refractivity contribution in [1.82, 2.24) is 19.9 Å². The highest BCUT2D eigenvalue weighted by atomic mass is 16.5. The first-order valence-electron chi connectivity index (χ1n) is 10.4. The van der Waals surface area contributed by atoms with Crippen molar-refractivity contribution >= 4 is 0 Å². The number of fused-ring (bicyclic) bond motifs is 1. The molecule has 0 saturated carbocycles. The molecule has 1 N–H and O–H groups in total. The summed E-state index contributed by atoms with van der Waals surface area (Å²) in [7, 11) is 2.00. The van der Waals surface area contributed by atoms with Crippen LogP contribution < -0.4 is 0 Å². The number of aryl methyl sites for hydroxylation is 3. The average Bonchev–Trinajstić information content (AvgIpc) is 3.25. The van der Waals surface area contributed by atoms with Gasteiger partial charge in [-0.25, -0.2) is 0 Å². The van der Waals surface area contributed by atoms with Crippen molar-refractivity contribution in [2.24, 2.45) is 12.5 Å². The van der Waals surface area contributed by atoms with Gasteiger partial charge < -0.3 is 9.63 Å². The Hall–Kier alpha value is -2.47. The van der Waals surface area contributed by atoms with Crippen LogP contribution in [0, 0.1) is 19.3 Å². The Morgan fingerprint density at radius 1 is 1.21 bits per heavy atom. The van der Waals surface area contributed by atoms with Gasteiger partial charge in [0.2, 0.25) is 5.82 Å².